The fourth-order valence-electron chi connectivity index (χ4n) is 2.33. The Morgan fingerprint density at radius 1 is 1.07 bits per heavy atom. The SMILES string of the molecule is CC(C)(C)N[C@@H]1CC[C@@H]1c1ccccc1. The molecule has 0 bridgehead atoms. The zero-order chi connectivity index (χ0) is 10.9. The van der Waals surface area contributed by atoms with E-state index in [0.29, 0.717) is 6.04 Å². The zero-order valence-corrected chi connectivity index (χ0v) is 9.96. The maximum atomic E-state index is 3.70. The van der Waals surface area contributed by atoms with E-state index >= 15 is 0 Å². The van der Waals surface area contributed by atoms with Crippen LogP contribution in [0.1, 0.15) is 45.1 Å². The van der Waals surface area contributed by atoms with E-state index < -0.39 is 0 Å². The number of benzene rings is 1. The Morgan fingerprint density at radius 3 is 2.20 bits per heavy atom. The van der Waals surface area contributed by atoms with E-state index in [1.54, 1.807) is 0 Å². The molecule has 15 heavy (non-hydrogen) atoms. The Morgan fingerprint density at radius 2 is 1.73 bits per heavy atom. The first-order chi connectivity index (χ1) is 7.06. The van der Waals surface area contributed by atoms with Gasteiger partial charge in [-0.3, -0.25) is 0 Å². The quantitative estimate of drug-likeness (QED) is 0.777. The highest BCUT2D eigenvalue weighted by atomic mass is 15.0. The highest BCUT2D eigenvalue weighted by Gasteiger charge is 2.33. The molecule has 0 spiro atoms. The van der Waals surface area contributed by atoms with Crippen LogP contribution in [-0.4, -0.2) is 11.6 Å². The van der Waals surface area contributed by atoms with Crippen molar-refractivity contribution < 1.29 is 0 Å². The van der Waals surface area contributed by atoms with Gasteiger partial charge in [0.15, 0.2) is 0 Å². The average Bonchev–Trinajstić information content (AvgIpc) is 2.13. The van der Waals surface area contributed by atoms with Gasteiger partial charge in [0, 0.05) is 11.6 Å². The molecule has 1 N–H and O–H groups in total. The second-order valence-electron chi connectivity index (χ2n) is 5.60. The molecule has 1 aromatic rings. The van der Waals surface area contributed by atoms with Gasteiger partial charge in [-0.1, -0.05) is 30.3 Å². The lowest BCUT2D eigenvalue weighted by molar-refractivity contribution is 0.228. The second-order valence-corrected chi connectivity index (χ2v) is 5.60. The molecular formula is C14H21N. The van der Waals surface area contributed by atoms with Crippen molar-refractivity contribution in [2.24, 2.45) is 0 Å². The van der Waals surface area contributed by atoms with E-state index in [2.05, 4.69) is 56.4 Å². The Balaban J connectivity index is 2.01. The smallest absolute Gasteiger partial charge is 0.0141 e. The third-order valence-corrected chi connectivity index (χ3v) is 3.12. The van der Waals surface area contributed by atoms with E-state index in [9.17, 15) is 0 Å². The van der Waals surface area contributed by atoms with Crippen molar-refractivity contribution in [1.29, 1.82) is 0 Å². The van der Waals surface area contributed by atoms with Crippen LogP contribution in [-0.2, 0) is 0 Å². The Kier molecular flexibility index (Phi) is 2.83. The van der Waals surface area contributed by atoms with Crippen molar-refractivity contribution in [2.75, 3.05) is 0 Å². The largest absolute Gasteiger partial charge is 0.309 e. The van der Waals surface area contributed by atoms with Crippen LogP contribution in [0.25, 0.3) is 0 Å². The molecule has 2 atom stereocenters. The molecule has 1 heteroatoms. The van der Waals surface area contributed by atoms with Gasteiger partial charge >= 0.3 is 0 Å². The van der Waals surface area contributed by atoms with Crippen LogP contribution in [0.2, 0.25) is 0 Å². The summed E-state index contributed by atoms with van der Waals surface area (Å²) in [7, 11) is 0. The zero-order valence-electron chi connectivity index (χ0n) is 9.96. The van der Waals surface area contributed by atoms with Crippen LogP contribution in [0.4, 0.5) is 0 Å². The van der Waals surface area contributed by atoms with Crippen molar-refractivity contribution in [3.05, 3.63) is 35.9 Å². The molecule has 1 nitrogen and oxygen atoms in total. The average molecular weight is 203 g/mol. The standard InChI is InChI=1S/C14H21N/c1-14(2,3)15-13-10-9-12(13)11-7-5-4-6-8-11/h4-8,12-13,15H,9-10H2,1-3H3/t12-,13-/m1/s1. The molecule has 1 aliphatic carbocycles. The van der Waals surface area contributed by atoms with Crippen LogP contribution in [0.15, 0.2) is 30.3 Å². The number of hydrogen-bond acceptors (Lipinski definition) is 1. The van der Waals surface area contributed by atoms with Gasteiger partial charge in [0.2, 0.25) is 0 Å². The lowest BCUT2D eigenvalue weighted by Crippen LogP contribution is -2.50. The highest BCUT2D eigenvalue weighted by molar-refractivity contribution is 5.24. The fourth-order valence-corrected chi connectivity index (χ4v) is 2.33. The minimum absolute atomic E-state index is 0.234. The van der Waals surface area contributed by atoms with Gasteiger partial charge in [-0.2, -0.15) is 0 Å². The van der Waals surface area contributed by atoms with Crippen LogP contribution >= 0.6 is 0 Å². The molecule has 1 fully saturated rings. The molecule has 0 aliphatic heterocycles. The van der Waals surface area contributed by atoms with E-state index in [-0.39, 0.29) is 5.54 Å². The summed E-state index contributed by atoms with van der Waals surface area (Å²) in [5.74, 6) is 0.727. The van der Waals surface area contributed by atoms with E-state index in [0.717, 1.165) is 5.92 Å². The molecule has 0 aromatic heterocycles. The van der Waals surface area contributed by atoms with Gasteiger partial charge in [-0.05, 0) is 45.1 Å². The first-order valence-electron chi connectivity index (χ1n) is 5.89. The van der Waals surface area contributed by atoms with Crippen molar-refractivity contribution >= 4 is 0 Å². The number of hydrogen-bond donors (Lipinski definition) is 1. The van der Waals surface area contributed by atoms with Gasteiger partial charge in [0.1, 0.15) is 0 Å². The molecule has 0 heterocycles. The lowest BCUT2D eigenvalue weighted by atomic mass is 9.74. The Labute approximate surface area is 92.9 Å². The van der Waals surface area contributed by atoms with Gasteiger partial charge < -0.3 is 5.32 Å². The highest BCUT2D eigenvalue weighted by Crippen LogP contribution is 2.37. The fraction of sp³-hybridized carbons (Fsp3) is 0.571. The third kappa shape index (κ3) is 2.60. The summed E-state index contributed by atoms with van der Waals surface area (Å²) in [4.78, 5) is 0. The van der Waals surface area contributed by atoms with E-state index in [1.165, 1.54) is 18.4 Å². The predicted octanol–water partition coefficient (Wildman–Crippen LogP) is 3.32. The third-order valence-electron chi connectivity index (χ3n) is 3.12. The maximum Gasteiger partial charge on any atom is 0.0141 e. The molecule has 1 aromatic carbocycles. The molecule has 2 rings (SSSR count). The predicted molar refractivity (Wildman–Crippen MR) is 65.1 cm³/mol. The Hall–Kier alpha value is -0.820. The minimum Gasteiger partial charge on any atom is -0.309 e. The van der Waals surface area contributed by atoms with Crippen molar-refractivity contribution in [1.82, 2.24) is 5.32 Å². The summed E-state index contributed by atoms with van der Waals surface area (Å²) < 4.78 is 0. The van der Waals surface area contributed by atoms with E-state index in [1.807, 2.05) is 0 Å². The van der Waals surface area contributed by atoms with Gasteiger partial charge in [-0.15, -0.1) is 0 Å². The van der Waals surface area contributed by atoms with E-state index in [4.69, 9.17) is 0 Å². The monoisotopic (exact) mass is 203 g/mol. The summed E-state index contributed by atoms with van der Waals surface area (Å²) in [6.45, 7) is 6.73. The normalized spacial score (nSPS) is 26.1. The minimum atomic E-state index is 0.234. The van der Waals surface area contributed by atoms with Crippen molar-refractivity contribution in [2.45, 2.75) is 51.1 Å². The van der Waals surface area contributed by atoms with Gasteiger partial charge in [0.05, 0.1) is 0 Å². The Bertz CT molecular complexity index is 310. The van der Waals surface area contributed by atoms with Crippen LogP contribution in [0.5, 0.6) is 0 Å². The van der Waals surface area contributed by atoms with Crippen LogP contribution < -0.4 is 5.32 Å². The first-order valence-corrected chi connectivity index (χ1v) is 5.89. The molecule has 0 amide bonds. The van der Waals surface area contributed by atoms with Crippen LogP contribution in [0, 0.1) is 0 Å². The molecule has 1 saturated carbocycles. The summed E-state index contributed by atoms with van der Waals surface area (Å²) in [6, 6.07) is 11.5. The summed E-state index contributed by atoms with van der Waals surface area (Å²) in [5, 5.41) is 3.70. The molecule has 82 valence electrons. The molecule has 0 unspecified atom stereocenters. The molecule has 0 radical (unpaired) electrons. The number of rotatable bonds is 2. The maximum absolute atomic E-state index is 3.70. The van der Waals surface area contributed by atoms with Crippen LogP contribution in [0.3, 0.4) is 0 Å². The van der Waals surface area contributed by atoms with Gasteiger partial charge in [0.25, 0.3) is 0 Å². The number of nitrogens with one attached hydrogen (secondary N) is 1. The topological polar surface area (TPSA) is 12.0 Å². The summed E-state index contributed by atoms with van der Waals surface area (Å²) in [5.41, 5.74) is 1.73. The lowest BCUT2D eigenvalue weighted by Gasteiger charge is -2.42. The van der Waals surface area contributed by atoms with Crippen molar-refractivity contribution in [3.63, 3.8) is 0 Å². The van der Waals surface area contributed by atoms with Crippen molar-refractivity contribution in [3.8, 4) is 0 Å². The molecule has 0 saturated heterocycles. The summed E-state index contributed by atoms with van der Waals surface area (Å²) >= 11 is 0. The first kappa shape index (κ1) is 10.7. The molecular weight excluding hydrogens is 182 g/mol. The summed E-state index contributed by atoms with van der Waals surface area (Å²) in [6.07, 6.45) is 2.65. The second kappa shape index (κ2) is 3.97. The van der Waals surface area contributed by atoms with Gasteiger partial charge in [-0.25, -0.2) is 0 Å². The molecule has 1 aliphatic rings.